The number of benzene rings is 15. The van der Waals surface area contributed by atoms with Crippen LogP contribution in [0, 0.1) is 0 Å². The number of hydrogen-bond donors (Lipinski definition) is 0. The average Bonchev–Trinajstić information content (AvgIpc) is 1.53. The number of para-hydroxylation sites is 4. The summed E-state index contributed by atoms with van der Waals surface area (Å²) >= 11 is 0. The smallest absolute Gasteiger partial charge is 0.254 e. The lowest BCUT2D eigenvalue weighted by Gasteiger charge is -2.47. The molecule has 3 aromatic heterocycles. The number of aromatic nitrogens is 3. The number of hydrogen-bond acceptors (Lipinski definition) is 2. The van der Waals surface area contributed by atoms with E-state index < -0.39 is 183 Å². The second kappa shape index (κ2) is 26.5. The van der Waals surface area contributed by atoms with E-state index in [1.807, 2.05) is 155 Å². The van der Waals surface area contributed by atoms with Gasteiger partial charge in [0.15, 0.2) is 0 Å². The standard InChI is InChI=1S/C110H98BN5/c1-106(2,3)73-52-56-95-88(58-73)89-59-74(107(4,5)6)53-57-96(89)114(95)100-67-79(113-93-50-34-30-46-82(93)83-47-31-35-51-94(83)113)68-101-103(100)111-90-55-54-78(112-91-48-32-28-44-80(91)81-45-29-33-49-92(81)112)66-97(90)115(104-84(69-36-20-16-21-37-69)60-75(108(7,8)9)61-85(104)70-38-22-17-23-39-70)98-64-77(110(13,14)15)65-99(102(98)111)116(101)105-86(71-40-24-18-25-41-71)62-76(109(10,11)12)63-87(105)72-42-26-19-27-43-72/h16-68H,1-15H3/i28D,29D,30D,31D,32D,33D,34D,35D,44D,45D,46D,47D,48D,49D,50D,51D,54D,55D,66D,67D,68D. The lowest BCUT2D eigenvalue weighted by molar-refractivity contribution is 0.590. The first-order chi connectivity index (χ1) is 64.5. The molecule has 0 saturated carbocycles. The molecule has 0 unspecified atom stereocenters. The van der Waals surface area contributed by atoms with Crippen molar-refractivity contribution in [1.82, 2.24) is 13.7 Å². The van der Waals surface area contributed by atoms with Crippen molar-refractivity contribution in [3.05, 3.63) is 349 Å². The van der Waals surface area contributed by atoms with Gasteiger partial charge in [-0.2, -0.15) is 0 Å². The van der Waals surface area contributed by atoms with Crippen molar-refractivity contribution in [3.8, 4) is 61.6 Å². The number of fused-ring (bicyclic) bond motifs is 13. The van der Waals surface area contributed by atoms with Crippen LogP contribution in [-0.4, -0.2) is 20.4 Å². The maximum Gasteiger partial charge on any atom is 0.254 e. The zero-order valence-electron chi connectivity index (χ0n) is 88.8. The van der Waals surface area contributed by atoms with Gasteiger partial charge in [-0.1, -0.05) is 316 Å². The van der Waals surface area contributed by atoms with E-state index in [1.165, 1.54) is 4.57 Å². The van der Waals surface area contributed by atoms with Gasteiger partial charge in [-0.05, 0) is 203 Å². The topological polar surface area (TPSA) is 21.3 Å². The van der Waals surface area contributed by atoms with Gasteiger partial charge < -0.3 is 23.5 Å². The van der Waals surface area contributed by atoms with E-state index in [-0.39, 0.29) is 60.6 Å². The fourth-order valence-electron chi connectivity index (χ4n) is 17.4. The summed E-state index contributed by atoms with van der Waals surface area (Å²) in [5, 5.41) is 0.130. The van der Waals surface area contributed by atoms with E-state index in [9.17, 15) is 28.8 Å². The third kappa shape index (κ3) is 11.6. The molecule has 0 radical (unpaired) electrons. The van der Waals surface area contributed by atoms with Gasteiger partial charge in [0.2, 0.25) is 0 Å². The van der Waals surface area contributed by atoms with Crippen LogP contribution in [0.3, 0.4) is 0 Å². The quantitative estimate of drug-likeness (QED) is 0.134. The fourth-order valence-corrected chi connectivity index (χ4v) is 17.4. The van der Waals surface area contributed by atoms with Gasteiger partial charge in [-0.25, -0.2) is 0 Å². The highest BCUT2D eigenvalue weighted by Crippen LogP contribution is 2.57. The number of anilines is 6. The maximum atomic E-state index is 12.5. The Morgan fingerprint density at radius 2 is 0.560 bits per heavy atom. The van der Waals surface area contributed by atoms with Crippen molar-refractivity contribution in [2.45, 2.75) is 131 Å². The van der Waals surface area contributed by atoms with Gasteiger partial charge in [-0.3, -0.25) is 0 Å². The number of rotatable bonds is 9. The van der Waals surface area contributed by atoms with Crippen LogP contribution in [0.5, 0.6) is 0 Å². The molecule has 0 spiro atoms. The molecule has 2 aliphatic heterocycles. The number of nitrogens with zero attached hydrogens (tertiary/aromatic N) is 5. The van der Waals surface area contributed by atoms with Crippen molar-refractivity contribution in [3.63, 3.8) is 0 Å². The zero-order valence-corrected chi connectivity index (χ0v) is 67.8. The van der Waals surface area contributed by atoms with Crippen LogP contribution < -0.4 is 26.2 Å². The first-order valence-corrected chi connectivity index (χ1v) is 39.8. The summed E-state index contributed by atoms with van der Waals surface area (Å²) in [6, 6.07) is 50.1. The molecule has 0 bridgehead atoms. The van der Waals surface area contributed by atoms with E-state index in [0.717, 1.165) is 26.8 Å². The largest absolute Gasteiger partial charge is 0.310 e. The van der Waals surface area contributed by atoms with Crippen LogP contribution in [0.2, 0.25) is 0 Å². The van der Waals surface area contributed by atoms with Gasteiger partial charge >= 0.3 is 0 Å². The minimum Gasteiger partial charge on any atom is -0.310 e. The fraction of sp³-hybridized carbons (Fsp3) is 0.182. The molecule has 2 aliphatic rings. The minimum atomic E-state index is -1.63. The second-order valence-corrected chi connectivity index (χ2v) is 36.1. The van der Waals surface area contributed by atoms with E-state index in [4.69, 9.17) is 0 Å². The molecule has 20 rings (SSSR count). The van der Waals surface area contributed by atoms with Crippen LogP contribution in [0.4, 0.5) is 34.1 Å². The Morgan fingerprint density at radius 1 is 0.250 bits per heavy atom. The highest BCUT2D eigenvalue weighted by atomic mass is 15.2. The molecule has 566 valence electrons. The van der Waals surface area contributed by atoms with Crippen LogP contribution in [0.1, 0.15) is 160 Å². The monoisotopic (exact) mass is 1520 g/mol. The Kier molecular flexibility index (Phi) is 12.0. The van der Waals surface area contributed by atoms with E-state index in [1.54, 1.807) is 0 Å². The molecule has 0 atom stereocenters. The second-order valence-electron chi connectivity index (χ2n) is 36.1. The van der Waals surface area contributed by atoms with Crippen molar-refractivity contribution in [2.24, 2.45) is 0 Å². The van der Waals surface area contributed by atoms with Crippen molar-refractivity contribution >= 4 is 123 Å². The molecule has 15 aromatic carbocycles. The molecule has 0 N–H and O–H groups in total. The summed E-state index contributed by atoms with van der Waals surface area (Å²) in [5.74, 6) is 0. The molecule has 6 heteroatoms. The lowest BCUT2D eigenvalue weighted by atomic mass is 9.33. The summed E-state index contributed by atoms with van der Waals surface area (Å²) < 4.78 is 222. The van der Waals surface area contributed by atoms with Gasteiger partial charge in [-0.15, -0.1) is 0 Å². The molecule has 0 aliphatic carbocycles. The Balaban J connectivity index is 1.14. The van der Waals surface area contributed by atoms with Gasteiger partial charge in [0.05, 0.1) is 78.9 Å². The maximum absolute atomic E-state index is 12.5. The molecular formula is C110H98BN5. The summed E-state index contributed by atoms with van der Waals surface area (Å²) in [6.45, 7) is 30.1. The zero-order chi connectivity index (χ0) is 98.1. The van der Waals surface area contributed by atoms with Gasteiger partial charge in [0.1, 0.15) is 0 Å². The highest BCUT2D eigenvalue weighted by molar-refractivity contribution is 7.01. The van der Waals surface area contributed by atoms with Crippen molar-refractivity contribution in [1.29, 1.82) is 0 Å². The molecule has 5 heterocycles. The highest BCUT2D eigenvalue weighted by Gasteiger charge is 2.49. The van der Waals surface area contributed by atoms with Crippen molar-refractivity contribution in [2.75, 3.05) is 9.80 Å². The molecular weight excluding hydrogens is 1400 g/mol. The molecule has 5 nitrogen and oxygen atoms in total. The predicted molar refractivity (Wildman–Crippen MR) is 499 cm³/mol. The SMILES string of the molecule is [2H]c1c([2H])c(-n2c3c([2H])c([2H])c([2H])c([2H])c3c3c([2H])c([2H])c([2H])c([2H])c32)c([2H])c2c1B1c3c(cc(C(C)(C)C)cc3N(c3c(-c4ccccc4)cc(C(C)(C)C)cc3-c3ccccc3)c3c([2H])c(-n4c5c([2H])c([2H])c([2H])c([2H])c5c5c([2H])c([2H])c([2H])c([2H])c54)c([2H])c(-n4c5ccc(C(C)(C)C)cc5c5cc(C(C)(C)C)ccc54)c31)N2c1c(-c2ccccc2)cc(C(C)(C)C)cc1-c1ccccc1. The molecule has 0 fully saturated rings. The van der Waals surface area contributed by atoms with E-state index in [0.29, 0.717) is 100 Å². The molecule has 0 amide bonds. The van der Waals surface area contributed by atoms with Crippen LogP contribution >= 0.6 is 0 Å². The van der Waals surface area contributed by atoms with Crippen molar-refractivity contribution < 1.29 is 28.8 Å². The first-order valence-electron chi connectivity index (χ1n) is 50.3. The molecule has 116 heavy (non-hydrogen) atoms. The van der Waals surface area contributed by atoms with E-state index >= 15 is 0 Å². The summed E-state index contributed by atoms with van der Waals surface area (Å²) in [6.07, 6.45) is 0. The minimum absolute atomic E-state index is 0.0187. The average molecular weight is 1520 g/mol. The first kappa shape index (κ1) is 52.7. The third-order valence-corrected chi connectivity index (χ3v) is 23.6. The van der Waals surface area contributed by atoms with Crippen LogP contribution in [0.15, 0.2) is 321 Å². The van der Waals surface area contributed by atoms with Crippen LogP contribution in [-0.2, 0) is 27.1 Å². The molecule has 18 aromatic rings. The Bertz CT molecular complexity index is 7990. The van der Waals surface area contributed by atoms with Gasteiger partial charge in [0.25, 0.3) is 6.71 Å². The normalized spacial score (nSPS) is 15.8. The Morgan fingerprint density at radius 3 is 0.922 bits per heavy atom. The summed E-state index contributed by atoms with van der Waals surface area (Å²) in [4.78, 5) is 4.05. The van der Waals surface area contributed by atoms with Crippen LogP contribution in [0.25, 0.3) is 127 Å². The summed E-state index contributed by atoms with van der Waals surface area (Å²) in [7, 11) is 0. The predicted octanol–water partition coefficient (Wildman–Crippen LogP) is 28.2. The van der Waals surface area contributed by atoms with E-state index in [2.05, 4.69) is 157 Å². The lowest BCUT2D eigenvalue weighted by Crippen LogP contribution is -2.62. The summed E-state index contributed by atoms with van der Waals surface area (Å²) in [5.41, 5.74) is 7.02. The Labute approximate surface area is 713 Å². The third-order valence-electron chi connectivity index (χ3n) is 23.6. The van der Waals surface area contributed by atoms with Gasteiger partial charge in [0, 0.05) is 88.7 Å². The molecule has 0 saturated heterocycles. The Hall–Kier alpha value is -12.6.